The SMILES string of the molecule is C#Cc1ccc(-c2nnc(NC3CCCN(CCO)C3)cc2C)c(O)c1. The maximum atomic E-state index is 10.2. The van der Waals surface area contributed by atoms with Crippen molar-refractivity contribution in [3.63, 3.8) is 0 Å². The number of aromatic hydroxyl groups is 1. The third-order valence-electron chi connectivity index (χ3n) is 4.68. The number of piperidine rings is 1. The number of aliphatic hydroxyl groups is 1. The summed E-state index contributed by atoms with van der Waals surface area (Å²) in [5, 5.41) is 31.3. The van der Waals surface area contributed by atoms with Crippen molar-refractivity contribution in [2.24, 2.45) is 0 Å². The summed E-state index contributed by atoms with van der Waals surface area (Å²) in [5.41, 5.74) is 2.81. The molecule has 26 heavy (non-hydrogen) atoms. The Balaban J connectivity index is 1.75. The number of hydrogen-bond acceptors (Lipinski definition) is 6. The number of benzene rings is 1. The Hall–Kier alpha value is -2.62. The van der Waals surface area contributed by atoms with Crippen LogP contribution in [-0.4, -0.2) is 57.6 Å². The van der Waals surface area contributed by atoms with E-state index in [2.05, 4.69) is 26.3 Å². The highest BCUT2D eigenvalue weighted by atomic mass is 16.3. The molecule has 0 bridgehead atoms. The number of aromatic nitrogens is 2. The third-order valence-corrected chi connectivity index (χ3v) is 4.68. The average molecular weight is 352 g/mol. The molecular formula is C20H24N4O2. The van der Waals surface area contributed by atoms with Crippen molar-refractivity contribution < 1.29 is 10.2 Å². The lowest BCUT2D eigenvalue weighted by molar-refractivity contribution is 0.166. The molecule has 1 aliphatic rings. The van der Waals surface area contributed by atoms with Gasteiger partial charge in [0.2, 0.25) is 0 Å². The quantitative estimate of drug-likeness (QED) is 0.714. The number of anilines is 1. The fourth-order valence-electron chi connectivity index (χ4n) is 3.37. The van der Waals surface area contributed by atoms with Crippen LogP contribution in [0.2, 0.25) is 0 Å². The lowest BCUT2D eigenvalue weighted by Gasteiger charge is -2.32. The van der Waals surface area contributed by atoms with Gasteiger partial charge in [-0.05, 0) is 56.1 Å². The van der Waals surface area contributed by atoms with Crippen molar-refractivity contribution in [2.75, 3.05) is 31.6 Å². The summed E-state index contributed by atoms with van der Waals surface area (Å²) in [6.45, 7) is 4.74. The van der Waals surface area contributed by atoms with E-state index < -0.39 is 0 Å². The highest BCUT2D eigenvalue weighted by Gasteiger charge is 2.20. The van der Waals surface area contributed by atoms with Gasteiger partial charge in [0, 0.05) is 30.3 Å². The van der Waals surface area contributed by atoms with Crippen LogP contribution in [0.1, 0.15) is 24.0 Å². The summed E-state index contributed by atoms with van der Waals surface area (Å²) < 4.78 is 0. The Morgan fingerprint density at radius 3 is 2.88 bits per heavy atom. The molecule has 6 nitrogen and oxygen atoms in total. The third kappa shape index (κ3) is 4.13. The molecule has 136 valence electrons. The van der Waals surface area contributed by atoms with Crippen molar-refractivity contribution in [1.29, 1.82) is 0 Å². The first-order valence-electron chi connectivity index (χ1n) is 8.84. The second-order valence-electron chi connectivity index (χ2n) is 6.65. The van der Waals surface area contributed by atoms with Crippen LogP contribution in [0, 0.1) is 19.3 Å². The van der Waals surface area contributed by atoms with E-state index in [0.29, 0.717) is 23.4 Å². The van der Waals surface area contributed by atoms with Crippen LogP contribution in [0.5, 0.6) is 5.75 Å². The predicted octanol–water partition coefficient (Wildman–Crippen LogP) is 2.01. The highest BCUT2D eigenvalue weighted by Crippen LogP contribution is 2.31. The zero-order valence-electron chi connectivity index (χ0n) is 14.9. The van der Waals surface area contributed by atoms with Gasteiger partial charge in [-0.2, -0.15) is 0 Å². The fraction of sp³-hybridized carbons (Fsp3) is 0.400. The topological polar surface area (TPSA) is 81.5 Å². The molecular weight excluding hydrogens is 328 g/mol. The number of nitrogens with zero attached hydrogens (tertiary/aromatic N) is 3. The van der Waals surface area contributed by atoms with Crippen LogP contribution >= 0.6 is 0 Å². The molecule has 3 N–H and O–H groups in total. The van der Waals surface area contributed by atoms with Gasteiger partial charge < -0.3 is 15.5 Å². The van der Waals surface area contributed by atoms with E-state index in [1.807, 2.05) is 13.0 Å². The van der Waals surface area contributed by atoms with Crippen molar-refractivity contribution in [3.8, 4) is 29.4 Å². The number of phenols is 1. The summed E-state index contributed by atoms with van der Waals surface area (Å²) in [6.07, 6.45) is 7.52. The molecule has 1 fully saturated rings. The van der Waals surface area contributed by atoms with Crippen LogP contribution in [0.4, 0.5) is 5.82 Å². The molecule has 6 heteroatoms. The van der Waals surface area contributed by atoms with Crippen molar-refractivity contribution in [1.82, 2.24) is 15.1 Å². The molecule has 0 saturated carbocycles. The lowest BCUT2D eigenvalue weighted by Crippen LogP contribution is -2.43. The van der Waals surface area contributed by atoms with E-state index >= 15 is 0 Å². The van der Waals surface area contributed by atoms with Gasteiger partial charge in [-0.3, -0.25) is 4.90 Å². The van der Waals surface area contributed by atoms with Gasteiger partial charge in [0.25, 0.3) is 0 Å². The summed E-state index contributed by atoms with van der Waals surface area (Å²) in [5.74, 6) is 3.33. The zero-order valence-corrected chi connectivity index (χ0v) is 14.9. The molecule has 0 amide bonds. The standard InChI is InChI=1S/C20H24N4O2/c1-3-15-6-7-17(18(26)12-15)20-14(2)11-19(22-23-20)21-16-5-4-8-24(13-16)9-10-25/h1,6-7,11-12,16,25-26H,4-5,8-10,13H2,2H3,(H,21,22). The molecule has 1 saturated heterocycles. The zero-order chi connectivity index (χ0) is 18.5. The molecule has 1 aromatic carbocycles. The van der Waals surface area contributed by atoms with E-state index in [4.69, 9.17) is 11.5 Å². The normalized spacial score (nSPS) is 17.7. The Bertz CT molecular complexity index is 814. The lowest BCUT2D eigenvalue weighted by atomic mass is 10.0. The van der Waals surface area contributed by atoms with E-state index in [-0.39, 0.29) is 18.4 Å². The van der Waals surface area contributed by atoms with E-state index in [0.717, 1.165) is 37.3 Å². The Morgan fingerprint density at radius 1 is 1.35 bits per heavy atom. The number of aryl methyl sites for hydroxylation is 1. The molecule has 3 rings (SSSR count). The molecule has 0 aliphatic carbocycles. The Labute approximate surface area is 153 Å². The predicted molar refractivity (Wildman–Crippen MR) is 102 cm³/mol. The fourth-order valence-corrected chi connectivity index (χ4v) is 3.37. The monoisotopic (exact) mass is 352 g/mol. The van der Waals surface area contributed by atoms with Gasteiger partial charge in [-0.15, -0.1) is 16.6 Å². The molecule has 2 heterocycles. The number of likely N-dealkylation sites (tertiary alicyclic amines) is 1. The maximum Gasteiger partial charge on any atom is 0.149 e. The second-order valence-corrected chi connectivity index (χ2v) is 6.65. The van der Waals surface area contributed by atoms with Gasteiger partial charge in [0.1, 0.15) is 11.6 Å². The van der Waals surface area contributed by atoms with E-state index in [1.165, 1.54) is 0 Å². The Kier molecular flexibility index (Phi) is 5.71. The summed E-state index contributed by atoms with van der Waals surface area (Å²) in [7, 11) is 0. The van der Waals surface area contributed by atoms with E-state index in [1.54, 1.807) is 18.2 Å². The number of terminal acetylenes is 1. The van der Waals surface area contributed by atoms with Gasteiger partial charge in [0.15, 0.2) is 0 Å². The first-order valence-corrected chi connectivity index (χ1v) is 8.84. The van der Waals surface area contributed by atoms with Crippen LogP contribution in [0.25, 0.3) is 11.3 Å². The summed E-state index contributed by atoms with van der Waals surface area (Å²) >= 11 is 0. The molecule has 0 radical (unpaired) electrons. The number of β-amino-alcohol motifs (C(OH)–C–C–N with tert-alkyl or cyclic N) is 1. The minimum absolute atomic E-state index is 0.102. The minimum Gasteiger partial charge on any atom is -0.507 e. The number of aliphatic hydroxyl groups excluding tert-OH is 1. The largest absolute Gasteiger partial charge is 0.507 e. The molecule has 2 aromatic rings. The summed E-state index contributed by atoms with van der Waals surface area (Å²) in [4.78, 5) is 2.25. The maximum absolute atomic E-state index is 10.2. The van der Waals surface area contributed by atoms with E-state index in [9.17, 15) is 5.11 Å². The second kappa shape index (κ2) is 8.17. The number of phenolic OH excluding ortho intramolecular Hbond substituents is 1. The highest BCUT2D eigenvalue weighted by molar-refractivity contribution is 5.71. The number of nitrogens with one attached hydrogen (secondary N) is 1. The van der Waals surface area contributed by atoms with Crippen LogP contribution in [0.3, 0.4) is 0 Å². The van der Waals surface area contributed by atoms with Gasteiger partial charge in [0.05, 0.1) is 12.3 Å². The summed E-state index contributed by atoms with van der Waals surface area (Å²) in [6, 6.07) is 7.34. The van der Waals surface area contributed by atoms with Crippen LogP contribution in [0.15, 0.2) is 24.3 Å². The molecule has 0 spiro atoms. The van der Waals surface area contributed by atoms with Crippen molar-refractivity contribution in [2.45, 2.75) is 25.8 Å². The first kappa shape index (κ1) is 18.2. The molecule has 1 unspecified atom stereocenters. The number of hydrogen-bond donors (Lipinski definition) is 3. The first-order chi connectivity index (χ1) is 12.6. The smallest absolute Gasteiger partial charge is 0.149 e. The minimum atomic E-state index is 0.102. The van der Waals surface area contributed by atoms with Crippen molar-refractivity contribution >= 4 is 5.82 Å². The van der Waals surface area contributed by atoms with Crippen LogP contribution in [-0.2, 0) is 0 Å². The Morgan fingerprint density at radius 2 is 2.19 bits per heavy atom. The van der Waals surface area contributed by atoms with Crippen LogP contribution < -0.4 is 5.32 Å². The average Bonchev–Trinajstić information content (AvgIpc) is 2.63. The number of rotatable bonds is 5. The van der Waals surface area contributed by atoms with Gasteiger partial charge in [-0.1, -0.05) is 5.92 Å². The molecule has 1 aliphatic heterocycles. The van der Waals surface area contributed by atoms with Gasteiger partial charge >= 0.3 is 0 Å². The van der Waals surface area contributed by atoms with Gasteiger partial charge in [-0.25, -0.2) is 0 Å². The molecule has 1 aromatic heterocycles. The van der Waals surface area contributed by atoms with Crippen molar-refractivity contribution in [3.05, 3.63) is 35.4 Å². The molecule has 1 atom stereocenters.